The molecule has 0 spiro atoms. The van der Waals surface area contributed by atoms with Gasteiger partial charge in [-0.15, -0.1) is 0 Å². The van der Waals surface area contributed by atoms with E-state index in [1.165, 1.54) is 12.1 Å². The van der Waals surface area contributed by atoms with Crippen molar-refractivity contribution >= 4 is 10.0 Å². The number of sulfonamides is 1. The second-order valence-electron chi connectivity index (χ2n) is 4.80. The highest BCUT2D eigenvalue weighted by atomic mass is 32.2. The number of nitrogens with two attached hydrogens (primary N) is 1. The third kappa shape index (κ3) is 3.57. The van der Waals surface area contributed by atoms with Crippen LogP contribution in [0.3, 0.4) is 0 Å². The van der Waals surface area contributed by atoms with Gasteiger partial charge in [0.1, 0.15) is 10.7 Å². The SMILES string of the molecule is NCC#Cc1ccc(S(=O)(=O)NCC2CCC2)c(F)c1. The van der Waals surface area contributed by atoms with Crippen LogP contribution in [0.2, 0.25) is 0 Å². The first-order valence-corrected chi connectivity index (χ1v) is 7.99. The van der Waals surface area contributed by atoms with Gasteiger partial charge < -0.3 is 5.73 Å². The van der Waals surface area contributed by atoms with Crippen molar-refractivity contribution in [2.24, 2.45) is 11.7 Å². The zero-order valence-corrected chi connectivity index (χ0v) is 11.8. The highest BCUT2D eigenvalue weighted by molar-refractivity contribution is 7.89. The summed E-state index contributed by atoms with van der Waals surface area (Å²) >= 11 is 0. The molecule has 3 N–H and O–H groups in total. The predicted molar refractivity (Wildman–Crippen MR) is 74.9 cm³/mol. The molecule has 1 aromatic rings. The van der Waals surface area contributed by atoms with Crippen LogP contribution in [0, 0.1) is 23.6 Å². The maximum atomic E-state index is 13.9. The number of benzene rings is 1. The lowest BCUT2D eigenvalue weighted by molar-refractivity contribution is 0.316. The molecule has 1 fully saturated rings. The topological polar surface area (TPSA) is 72.2 Å². The number of rotatable bonds is 4. The van der Waals surface area contributed by atoms with Gasteiger partial charge in [-0.1, -0.05) is 18.3 Å². The first-order valence-electron chi connectivity index (χ1n) is 6.51. The van der Waals surface area contributed by atoms with Crippen molar-refractivity contribution < 1.29 is 12.8 Å². The average molecular weight is 296 g/mol. The fourth-order valence-corrected chi connectivity index (χ4v) is 3.13. The van der Waals surface area contributed by atoms with E-state index in [9.17, 15) is 12.8 Å². The smallest absolute Gasteiger partial charge is 0.243 e. The third-order valence-corrected chi connectivity index (χ3v) is 4.80. The van der Waals surface area contributed by atoms with Crippen LogP contribution < -0.4 is 10.5 Å². The lowest BCUT2D eigenvalue weighted by atomic mass is 9.86. The van der Waals surface area contributed by atoms with E-state index in [1.54, 1.807) is 0 Å². The predicted octanol–water partition coefficient (Wildman–Crippen LogP) is 1.21. The zero-order valence-electron chi connectivity index (χ0n) is 11.0. The van der Waals surface area contributed by atoms with Gasteiger partial charge in [-0.25, -0.2) is 17.5 Å². The van der Waals surface area contributed by atoms with Gasteiger partial charge in [-0.3, -0.25) is 0 Å². The summed E-state index contributed by atoms with van der Waals surface area (Å²) in [5.41, 5.74) is 5.64. The van der Waals surface area contributed by atoms with Crippen molar-refractivity contribution in [3.8, 4) is 11.8 Å². The summed E-state index contributed by atoms with van der Waals surface area (Å²) in [6, 6.07) is 3.82. The molecule has 1 aliphatic rings. The van der Waals surface area contributed by atoms with E-state index >= 15 is 0 Å². The molecule has 2 rings (SSSR count). The van der Waals surface area contributed by atoms with Crippen LogP contribution >= 0.6 is 0 Å². The number of halogens is 1. The molecular weight excluding hydrogens is 279 g/mol. The molecule has 6 heteroatoms. The molecule has 0 heterocycles. The number of hydrogen-bond acceptors (Lipinski definition) is 3. The van der Waals surface area contributed by atoms with Crippen LogP contribution in [-0.4, -0.2) is 21.5 Å². The van der Waals surface area contributed by atoms with Crippen molar-refractivity contribution in [3.05, 3.63) is 29.6 Å². The maximum Gasteiger partial charge on any atom is 0.243 e. The molecule has 0 aliphatic heterocycles. The van der Waals surface area contributed by atoms with Crippen LogP contribution in [0.1, 0.15) is 24.8 Å². The Labute approximate surface area is 118 Å². The van der Waals surface area contributed by atoms with E-state index in [-0.39, 0.29) is 11.4 Å². The van der Waals surface area contributed by atoms with Crippen molar-refractivity contribution in [1.29, 1.82) is 0 Å². The molecule has 20 heavy (non-hydrogen) atoms. The highest BCUT2D eigenvalue weighted by Gasteiger charge is 2.23. The molecule has 0 radical (unpaired) electrons. The summed E-state index contributed by atoms with van der Waals surface area (Å²) < 4.78 is 40.4. The summed E-state index contributed by atoms with van der Waals surface area (Å²) in [5.74, 6) is 4.83. The molecule has 1 saturated carbocycles. The molecule has 4 nitrogen and oxygen atoms in total. The van der Waals surface area contributed by atoms with Crippen LogP contribution in [0.4, 0.5) is 4.39 Å². The Morgan fingerprint density at radius 2 is 2.15 bits per heavy atom. The number of nitrogens with one attached hydrogen (secondary N) is 1. The lowest BCUT2D eigenvalue weighted by Gasteiger charge is -2.25. The summed E-state index contributed by atoms with van der Waals surface area (Å²) in [5, 5.41) is 0. The van der Waals surface area contributed by atoms with Gasteiger partial charge in [0.15, 0.2) is 0 Å². The van der Waals surface area contributed by atoms with Gasteiger partial charge in [0.25, 0.3) is 0 Å². The standard InChI is InChI=1S/C14H17FN2O2S/c15-13-9-11(5-2-8-16)6-7-14(13)20(18,19)17-10-12-3-1-4-12/h6-7,9,12,17H,1,3-4,8,10,16H2. The van der Waals surface area contributed by atoms with Gasteiger partial charge in [0, 0.05) is 12.1 Å². The summed E-state index contributed by atoms with van der Waals surface area (Å²) in [7, 11) is -3.80. The minimum Gasteiger partial charge on any atom is -0.320 e. The van der Waals surface area contributed by atoms with Crippen LogP contribution in [0.5, 0.6) is 0 Å². The summed E-state index contributed by atoms with van der Waals surface area (Å²) in [6.45, 7) is 0.543. The van der Waals surface area contributed by atoms with E-state index < -0.39 is 15.8 Å². The molecule has 1 aromatic carbocycles. The minimum atomic E-state index is -3.80. The van der Waals surface area contributed by atoms with Crippen LogP contribution in [0.15, 0.2) is 23.1 Å². The zero-order chi connectivity index (χ0) is 14.6. The summed E-state index contributed by atoms with van der Waals surface area (Å²) in [6.07, 6.45) is 3.19. The largest absolute Gasteiger partial charge is 0.320 e. The molecule has 1 aliphatic carbocycles. The van der Waals surface area contributed by atoms with Crippen molar-refractivity contribution in [3.63, 3.8) is 0 Å². The van der Waals surface area contributed by atoms with Crippen LogP contribution in [-0.2, 0) is 10.0 Å². The van der Waals surface area contributed by atoms with E-state index in [1.807, 2.05) is 0 Å². The second-order valence-corrected chi connectivity index (χ2v) is 6.54. The van der Waals surface area contributed by atoms with Crippen molar-refractivity contribution in [2.45, 2.75) is 24.2 Å². The van der Waals surface area contributed by atoms with E-state index in [2.05, 4.69) is 16.6 Å². The molecule has 0 aromatic heterocycles. The first kappa shape index (κ1) is 15.0. The normalized spacial score (nSPS) is 15.3. The Balaban J connectivity index is 2.14. The molecular formula is C14H17FN2O2S. The Hall–Kier alpha value is -1.42. The van der Waals surface area contributed by atoms with Gasteiger partial charge in [-0.05, 0) is 37.0 Å². The molecule has 108 valence electrons. The number of hydrogen-bond donors (Lipinski definition) is 2. The van der Waals surface area contributed by atoms with Crippen LogP contribution in [0.25, 0.3) is 0 Å². The van der Waals surface area contributed by atoms with E-state index in [0.717, 1.165) is 25.3 Å². The lowest BCUT2D eigenvalue weighted by Crippen LogP contribution is -2.32. The summed E-state index contributed by atoms with van der Waals surface area (Å²) in [4.78, 5) is -0.338. The average Bonchev–Trinajstić information content (AvgIpc) is 2.34. The molecule has 0 unspecified atom stereocenters. The van der Waals surface area contributed by atoms with E-state index in [0.29, 0.717) is 18.0 Å². The van der Waals surface area contributed by atoms with Crippen molar-refractivity contribution in [1.82, 2.24) is 4.72 Å². The molecule has 0 atom stereocenters. The van der Waals surface area contributed by atoms with Gasteiger partial charge in [0.2, 0.25) is 10.0 Å². The first-order chi connectivity index (χ1) is 9.53. The maximum absolute atomic E-state index is 13.9. The molecule has 0 saturated heterocycles. The fourth-order valence-electron chi connectivity index (χ4n) is 1.95. The Morgan fingerprint density at radius 1 is 1.40 bits per heavy atom. The second kappa shape index (κ2) is 6.35. The Morgan fingerprint density at radius 3 is 2.70 bits per heavy atom. The Kier molecular flexibility index (Phi) is 4.76. The minimum absolute atomic E-state index is 0.171. The van der Waals surface area contributed by atoms with Gasteiger partial charge in [0.05, 0.1) is 6.54 Å². The third-order valence-electron chi connectivity index (χ3n) is 3.34. The monoisotopic (exact) mass is 296 g/mol. The van der Waals surface area contributed by atoms with Gasteiger partial charge >= 0.3 is 0 Å². The fraction of sp³-hybridized carbons (Fsp3) is 0.429. The highest BCUT2D eigenvalue weighted by Crippen LogP contribution is 2.26. The quantitative estimate of drug-likeness (QED) is 0.821. The molecule has 0 bridgehead atoms. The molecule has 0 amide bonds. The van der Waals surface area contributed by atoms with E-state index in [4.69, 9.17) is 5.73 Å². The Bertz CT molecular complexity index is 643. The van der Waals surface area contributed by atoms with Gasteiger partial charge in [-0.2, -0.15) is 0 Å². The van der Waals surface area contributed by atoms with Crippen molar-refractivity contribution in [2.75, 3.05) is 13.1 Å².